The smallest absolute Gasteiger partial charge is 0.252 e. The Balaban J connectivity index is 2.90. The standard InChI is InChI=1S/C13H22N2O2/c1-3-10-14-13(16)11-8-6-4-5-7-9-12(11)15(2)17/h3,10,17H,4-9H2,1-2H3,(H,14,16)/b10-3-,12-11-. The van der Waals surface area contributed by atoms with E-state index in [1.807, 2.05) is 6.92 Å². The highest BCUT2D eigenvalue weighted by molar-refractivity contribution is 5.94. The molecule has 0 bridgehead atoms. The lowest BCUT2D eigenvalue weighted by Gasteiger charge is -2.22. The van der Waals surface area contributed by atoms with Crippen LogP contribution in [0, 0.1) is 0 Å². The average Bonchev–Trinajstić information content (AvgIpc) is 2.25. The molecule has 0 radical (unpaired) electrons. The van der Waals surface area contributed by atoms with Crippen LogP contribution < -0.4 is 5.32 Å². The molecule has 96 valence electrons. The summed E-state index contributed by atoms with van der Waals surface area (Å²) in [5.41, 5.74) is 1.47. The van der Waals surface area contributed by atoms with Crippen LogP contribution in [0.1, 0.15) is 45.4 Å². The first kappa shape index (κ1) is 13.8. The number of rotatable bonds is 3. The minimum atomic E-state index is -0.0964. The normalized spacial score (nSPS) is 22.1. The number of hydroxylamine groups is 2. The van der Waals surface area contributed by atoms with E-state index in [1.165, 1.54) is 6.42 Å². The lowest BCUT2D eigenvalue weighted by Crippen LogP contribution is -2.25. The van der Waals surface area contributed by atoms with Gasteiger partial charge in [-0.05, 0) is 38.8 Å². The monoisotopic (exact) mass is 238 g/mol. The Hall–Kier alpha value is -1.29. The van der Waals surface area contributed by atoms with Gasteiger partial charge in [0.15, 0.2) is 0 Å². The molecule has 0 unspecified atom stereocenters. The molecule has 0 spiro atoms. The molecule has 0 aromatic heterocycles. The molecule has 0 aromatic rings. The maximum Gasteiger partial charge on any atom is 0.252 e. The average molecular weight is 238 g/mol. The largest absolute Gasteiger partial charge is 0.329 e. The molecule has 0 atom stereocenters. The Morgan fingerprint density at radius 2 is 1.94 bits per heavy atom. The number of nitrogens with one attached hydrogen (secondary N) is 1. The van der Waals surface area contributed by atoms with E-state index < -0.39 is 0 Å². The first-order chi connectivity index (χ1) is 8.16. The lowest BCUT2D eigenvalue weighted by molar-refractivity contribution is -0.117. The van der Waals surface area contributed by atoms with Gasteiger partial charge in [0, 0.05) is 18.3 Å². The van der Waals surface area contributed by atoms with Gasteiger partial charge in [0.2, 0.25) is 0 Å². The summed E-state index contributed by atoms with van der Waals surface area (Å²) in [6, 6.07) is 0. The van der Waals surface area contributed by atoms with E-state index >= 15 is 0 Å². The fourth-order valence-corrected chi connectivity index (χ4v) is 2.09. The van der Waals surface area contributed by atoms with Crippen molar-refractivity contribution in [1.82, 2.24) is 10.4 Å². The van der Waals surface area contributed by atoms with Crippen molar-refractivity contribution in [3.8, 4) is 0 Å². The summed E-state index contributed by atoms with van der Waals surface area (Å²) in [6.07, 6.45) is 9.28. The predicted molar refractivity (Wildman–Crippen MR) is 67.2 cm³/mol. The molecule has 0 aliphatic heterocycles. The van der Waals surface area contributed by atoms with Crippen LogP contribution in [0.15, 0.2) is 23.5 Å². The van der Waals surface area contributed by atoms with Crippen molar-refractivity contribution in [3.05, 3.63) is 23.5 Å². The van der Waals surface area contributed by atoms with Crippen LogP contribution in [0.4, 0.5) is 0 Å². The summed E-state index contributed by atoms with van der Waals surface area (Å²) < 4.78 is 0. The zero-order valence-corrected chi connectivity index (χ0v) is 10.7. The summed E-state index contributed by atoms with van der Waals surface area (Å²) in [5.74, 6) is -0.0964. The molecule has 1 aliphatic carbocycles. The summed E-state index contributed by atoms with van der Waals surface area (Å²) in [7, 11) is 1.58. The van der Waals surface area contributed by atoms with Crippen molar-refractivity contribution < 1.29 is 10.0 Å². The predicted octanol–water partition coefficient (Wildman–Crippen LogP) is 2.57. The Kier molecular flexibility index (Phi) is 5.77. The summed E-state index contributed by atoms with van der Waals surface area (Å²) in [4.78, 5) is 12.0. The van der Waals surface area contributed by atoms with Crippen LogP contribution in [0.5, 0.6) is 0 Å². The van der Waals surface area contributed by atoms with Crippen molar-refractivity contribution in [2.75, 3.05) is 7.05 Å². The van der Waals surface area contributed by atoms with Crippen LogP contribution in [0.2, 0.25) is 0 Å². The quantitative estimate of drug-likeness (QED) is 0.743. The molecule has 0 saturated carbocycles. The van der Waals surface area contributed by atoms with Crippen LogP contribution in [-0.2, 0) is 4.79 Å². The zero-order chi connectivity index (χ0) is 12.7. The molecule has 4 nitrogen and oxygen atoms in total. The van der Waals surface area contributed by atoms with Crippen LogP contribution >= 0.6 is 0 Å². The van der Waals surface area contributed by atoms with Crippen molar-refractivity contribution >= 4 is 5.91 Å². The van der Waals surface area contributed by atoms with Crippen molar-refractivity contribution in [2.24, 2.45) is 0 Å². The molecular formula is C13H22N2O2. The second-order valence-electron chi connectivity index (χ2n) is 4.34. The third-order valence-electron chi connectivity index (χ3n) is 2.98. The van der Waals surface area contributed by atoms with Gasteiger partial charge < -0.3 is 5.32 Å². The van der Waals surface area contributed by atoms with E-state index in [0.717, 1.165) is 42.9 Å². The third kappa shape index (κ3) is 4.23. The Morgan fingerprint density at radius 1 is 1.29 bits per heavy atom. The highest BCUT2D eigenvalue weighted by Gasteiger charge is 2.18. The number of amides is 1. The second kappa shape index (κ2) is 7.12. The molecule has 4 heteroatoms. The van der Waals surface area contributed by atoms with Crippen molar-refractivity contribution in [1.29, 1.82) is 0 Å². The number of allylic oxidation sites excluding steroid dienone is 2. The van der Waals surface area contributed by atoms with E-state index in [-0.39, 0.29) is 5.91 Å². The van der Waals surface area contributed by atoms with E-state index in [0.29, 0.717) is 5.57 Å². The van der Waals surface area contributed by atoms with Gasteiger partial charge in [-0.25, -0.2) is 0 Å². The first-order valence-electron chi connectivity index (χ1n) is 6.23. The number of carbonyl (C=O) groups excluding carboxylic acids is 1. The molecule has 17 heavy (non-hydrogen) atoms. The highest BCUT2D eigenvalue weighted by atomic mass is 16.5. The molecule has 0 fully saturated rings. The van der Waals surface area contributed by atoms with Gasteiger partial charge >= 0.3 is 0 Å². The number of carbonyl (C=O) groups is 1. The maximum absolute atomic E-state index is 12.0. The van der Waals surface area contributed by atoms with Crippen molar-refractivity contribution in [3.63, 3.8) is 0 Å². The zero-order valence-electron chi connectivity index (χ0n) is 10.7. The second-order valence-corrected chi connectivity index (χ2v) is 4.34. The number of hydrogen-bond acceptors (Lipinski definition) is 3. The van der Waals surface area contributed by atoms with Crippen LogP contribution in [0.3, 0.4) is 0 Å². The molecule has 1 rings (SSSR count). The summed E-state index contributed by atoms with van der Waals surface area (Å²) >= 11 is 0. The first-order valence-corrected chi connectivity index (χ1v) is 6.23. The Labute approximate surface area is 103 Å². The SMILES string of the molecule is C/C=C\NC(=O)/C1=C(\N(C)O)CCCCCC1. The Bertz CT molecular complexity index is 319. The fraction of sp³-hybridized carbons (Fsp3) is 0.615. The molecule has 1 amide bonds. The van der Waals surface area contributed by atoms with Gasteiger partial charge in [-0.3, -0.25) is 15.1 Å². The minimum absolute atomic E-state index is 0.0964. The van der Waals surface area contributed by atoms with Crippen LogP contribution in [-0.4, -0.2) is 23.2 Å². The fourth-order valence-electron chi connectivity index (χ4n) is 2.09. The molecule has 1 aliphatic rings. The van der Waals surface area contributed by atoms with E-state index in [4.69, 9.17) is 0 Å². The molecule has 0 saturated heterocycles. The number of nitrogens with zero attached hydrogens (tertiary/aromatic N) is 1. The van der Waals surface area contributed by atoms with Gasteiger partial charge in [-0.15, -0.1) is 0 Å². The minimum Gasteiger partial charge on any atom is -0.329 e. The summed E-state index contributed by atoms with van der Waals surface area (Å²) in [5, 5.41) is 13.4. The molecule has 2 N–H and O–H groups in total. The molecule has 0 aromatic carbocycles. The van der Waals surface area contributed by atoms with Crippen LogP contribution in [0.25, 0.3) is 0 Å². The van der Waals surface area contributed by atoms with Gasteiger partial charge in [-0.1, -0.05) is 18.9 Å². The summed E-state index contributed by atoms with van der Waals surface area (Å²) in [6.45, 7) is 1.85. The van der Waals surface area contributed by atoms with Gasteiger partial charge in [-0.2, -0.15) is 0 Å². The lowest BCUT2D eigenvalue weighted by atomic mass is 9.96. The Morgan fingerprint density at radius 3 is 2.53 bits per heavy atom. The molecule has 0 heterocycles. The molecular weight excluding hydrogens is 216 g/mol. The van der Waals surface area contributed by atoms with Crippen molar-refractivity contribution in [2.45, 2.75) is 45.4 Å². The number of hydrogen-bond donors (Lipinski definition) is 2. The highest BCUT2D eigenvalue weighted by Crippen LogP contribution is 2.24. The van der Waals surface area contributed by atoms with Gasteiger partial charge in [0.05, 0.1) is 0 Å². The maximum atomic E-state index is 12.0. The van der Waals surface area contributed by atoms with Gasteiger partial charge in [0.25, 0.3) is 5.91 Å². The van der Waals surface area contributed by atoms with Gasteiger partial charge in [0.1, 0.15) is 0 Å². The third-order valence-corrected chi connectivity index (χ3v) is 2.98. The van der Waals surface area contributed by atoms with E-state index in [2.05, 4.69) is 5.32 Å². The topological polar surface area (TPSA) is 52.6 Å². The van der Waals surface area contributed by atoms with E-state index in [9.17, 15) is 10.0 Å². The van der Waals surface area contributed by atoms with E-state index in [1.54, 1.807) is 19.3 Å².